The molecule has 1 spiro atoms. The lowest BCUT2D eigenvalue weighted by Gasteiger charge is -2.38. The Morgan fingerprint density at radius 1 is 0.750 bits per heavy atom. The Morgan fingerprint density at radius 2 is 1.36 bits per heavy atom. The Labute approximate surface area is 166 Å². The minimum absolute atomic E-state index is 0.360. The summed E-state index contributed by atoms with van der Waals surface area (Å²) in [5.41, 5.74) is 1.07. The van der Waals surface area contributed by atoms with Crippen molar-refractivity contribution >= 4 is 11.6 Å². The molecule has 4 heterocycles. The molecule has 0 N–H and O–H groups in total. The van der Waals surface area contributed by atoms with Crippen LogP contribution in [0.25, 0.3) is 11.4 Å². The third kappa shape index (κ3) is 3.59. The lowest BCUT2D eigenvalue weighted by Crippen LogP contribution is -2.45. The second kappa shape index (κ2) is 7.68. The lowest BCUT2D eigenvalue weighted by atomic mass is 10.0. The largest absolute Gasteiger partial charge is 0.356 e. The smallest absolute Gasteiger partial charge is 0.171 e. The number of ether oxygens (including phenoxy) is 2. The van der Waals surface area contributed by atoms with Crippen molar-refractivity contribution in [2.24, 2.45) is 0 Å². The zero-order chi connectivity index (χ0) is 18.8. The van der Waals surface area contributed by atoms with Crippen LogP contribution in [0.1, 0.15) is 32.1 Å². The fourth-order valence-corrected chi connectivity index (χ4v) is 4.45. The quantitative estimate of drug-likeness (QED) is 0.813. The van der Waals surface area contributed by atoms with Gasteiger partial charge in [0.25, 0.3) is 0 Å². The maximum absolute atomic E-state index is 5.89. The molecule has 6 heteroatoms. The maximum atomic E-state index is 5.89. The predicted octanol–water partition coefficient (Wildman–Crippen LogP) is 3.48. The normalized spacial score (nSPS) is 22.0. The van der Waals surface area contributed by atoms with Crippen LogP contribution in [0.5, 0.6) is 0 Å². The Morgan fingerprint density at radius 3 is 2.00 bits per heavy atom. The Kier molecular flexibility index (Phi) is 4.91. The summed E-state index contributed by atoms with van der Waals surface area (Å²) in [5, 5.41) is 0. The fraction of sp³-hybridized carbons (Fsp3) is 0.545. The molecule has 148 valence electrons. The summed E-state index contributed by atoms with van der Waals surface area (Å²) in [5.74, 6) is 2.52. The van der Waals surface area contributed by atoms with E-state index in [0.717, 1.165) is 62.0 Å². The van der Waals surface area contributed by atoms with Gasteiger partial charge in [0.05, 0.1) is 13.2 Å². The molecule has 0 aliphatic carbocycles. The summed E-state index contributed by atoms with van der Waals surface area (Å²) in [6, 6.07) is 12.5. The van der Waals surface area contributed by atoms with Crippen molar-refractivity contribution in [3.8, 4) is 11.4 Å². The molecule has 0 amide bonds. The van der Waals surface area contributed by atoms with Crippen molar-refractivity contribution in [1.82, 2.24) is 9.97 Å². The van der Waals surface area contributed by atoms with Crippen LogP contribution in [-0.2, 0) is 9.47 Å². The van der Waals surface area contributed by atoms with E-state index in [-0.39, 0.29) is 5.79 Å². The van der Waals surface area contributed by atoms with E-state index in [0.29, 0.717) is 13.2 Å². The zero-order valence-electron chi connectivity index (χ0n) is 16.3. The number of hydrogen-bond acceptors (Lipinski definition) is 6. The molecule has 3 aliphatic rings. The van der Waals surface area contributed by atoms with Gasteiger partial charge in [0, 0.05) is 50.7 Å². The van der Waals surface area contributed by atoms with E-state index in [2.05, 4.69) is 28.0 Å². The molecule has 0 atom stereocenters. The van der Waals surface area contributed by atoms with Gasteiger partial charge in [0.2, 0.25) is 0 Å². The summed E-state index contributed by atoms with van der Waals surface area (Å²) < 4.78 is 11.8. The van der Waals surface area contributed by atoms with Gasteiger partial charge in [0.1, 0.15) is 11.6 Å². The number of rotatable bonds is 3. The summed E-state index contributed by atoms with van der Waals surface area (Å²) >= 11 is 0. The molecule has 1 aromatic heterocycles. The second-order valence-electron chi connectivity index (χ2n) is 7.92. The molecule has 3 aliphatic heterocycles. The van der Waals surface area contributed by atoms with E-state index >= 15 is 0 Å². The second-order valence-corrected chi connectivity index (χ2v) is 7.92. The van der Waals surface area contributed by atoms with Gasteiger partial charge < -0.3 is 19.3 Å². The highest BCUT2D eigenvalue weighted by Crippen LogP contribution is 2.34. The summed E-state index contributed by atoms with van der Waals surface area (Å²) in [4.78, 5) is 14.6. The van der Waals surface area contributed by atoms with Gasteiger partial charge in [-0.3, -0.25) is 0 Å². The number of aromatic nitrogens is 2. The first-order valence-electron chi connectivity index (χ1n) is 10.5. The van der Waals surface area contributed by atoms with E-state index in [9.17, 15) is 0 Å². The van der Waals surface area contributed by atoms with E-state index in [1.807, 2.05) is 18.2 Å². The first-order chi connectivity index (χ1) is 13.8. The zero-order valence-corrected chi connectivity index (χ0v) is 16.3. The van der Waals surface area contributed by atoms with Crippen LogP contribution in [0.4, 0.5) is 11.6 Å². The highest BCUT2D eigenvalue weighted by molar-refractivity contribution is 5.62. The molecule has 5 rings (SSSR count). The van der Waals surface area contributed by atoms with Crippen LogP contribution in [0, 0.1) is 0 Å². The molecule has 6 nitrogen and oxygen atoms in total. The molecule has 28 heavy (non-hydrogen) atoms. The highest BCUT2D eigenvalue weighted by Gasteiger charge is 2.40. The predicted molar refractivity (Wildman–Crippen MR) is 110 cm³/mol. The topological polar surface area (TPSA) is 50.7 Å². The first-order valence-corrected chi connectivity index (χ1v) is 10.5. The van der Waals surface area contributed by atoms with Gasteiger partial charge >= 0.3 is 0 Å². The molecule has 0 bridgehead atoms. The van der Waals surface area contributed by atoms with Gasteiger partial charge in [-0.05, 0) is 19.3 Å². The number of anilines is 2. The van der Waals surface area contributed by atoms with Crippen molar-refractivity contribution in [3.05, 3.63) is 36.4 Å². The van der Waals surface area contributed by atoms with Crippen molar-refractivity contribution < 1.29 is 9.47 Å². The Hall–Kier alpha value is -2.18. The Balaban J connectivity index is 1.44. The fourth-order valence-electron chi connectivity index (χ4n) is 4.45. The van der Waals surface area contributed by atoms with Crippen molar-refractivity contribution in [3.63, 3.8) is 0 Å². The first kappa shape index (κ1) is 17.9. The van der Waals surface area contributed by atoms with Gasteiger partial charge in [-0.15, -0.1) is 0 Å². The molecular weight excluding hydrogens is 352 g/mol. The molecule has 0 saturated carbocycles. The van der Waals surface area contributed by atoms with Gasteiger partial charge in [-0.2, -0.15) is 0 Å². The molecule has 0 radical (unpaired) electrons. The van der Waals surface area contributed by atoms with Crippen molar-refractivity contribution in [2.75, 3.05) is 49.2 Å². The molecule has 1 aromatic carbocycles. The van der Waals surface area contributed by atoms with Crippen molar-refractivity contribution in [2.45, 2.75) is 37.9 Å². The average Bonchev–Trinajstić information content (AvgIpc) is 3.23. The summed E-state index contributed by atoms with van der Waals surface area (Å²) in [6.45, 7) is 5.37. The van der Waals surface area contributed by atoms with Crippen LogP contribution < -0.4 is 9.80 Å². The minimum atomic E-state index is -0.360. The minimum Gasteiger partial charge on any atom is -0.356 e. The van der Waals surface area contributed by atoms with E-state index in [1.165, 1.54) is 19.3 Å². The molecule has 3 fully saturated rings. The van der Waals surface area contributed by atoms with Crippen LogP contribution in [0.15, 0.2) is 36.4 Å². The third-order valence-corrected chi connectivity index (χ3v) is 6.07. The van der Waals surface area contributed by atoms with E-state index in [1.54, 1.807) is 0 Å². The van der Waals surface area contributed by atoms with Crippen LogP contribution in [0.3, 0.4) is 0 Å². The van der Waals surface area contributed by atoms with Crippen molar-refractivity contribution in [1.29, 1.82) is 0 Å². The van der Waals surface area contributed by atoms with Gasteiger partial charge in [-0.1, -0.05) is 30.3 Å². The molecular formula is C22H28N4O2. The van der Waals surface area contributed by atoms with E-state index < -0.39 is 0 Å². The van der Waals surface area contributed by atoms with Crippen LogP contribution >= 0.6 is 0 Å². The molecule has 2 aromatic rings. The van der Waals surface area contributed by atoms with Gasteiger partial charge in [0.15, 0.2) is 11.6 Å². The number of benzene rings is 1. The number of hydrogen-bond donors (Lipinski definition) is 0. The maximum Gasteiger partial charge on any atom is 0.171 e. The van der Waals surface area contributed by atoms with Crippen LogP contribution in [0.2, 0.25) is 0 Å². The monoisotopic (exact) mass is 380 g/mol. The van der Waals surface area contributed by atoms with Gasteiger partial charge in [-0.25, -0.2) is 9.97 Å². The lowest BCUT2D eigenvalue weighted by molar-refractivity contribution is -0.169. The highest BCUT2D eigenvalue weighted by atomic mass is 16.7. The number of piperidine rings is 2. The number of nitrogens with zero attached hydrogens (tertiary/aromatic N) is 4. The molecule has 0 unspecified atom stereocenters. The standard InChI is InChI=1S/C22H28N4O2/c1-3-7-18(8-4-1)21-23-19(25-11-5-2-6-12-25)17-20(24-21)26-13-9-22(10-14-26)27-15-16-28-22/h1,3-4,7-8,17H,2,5-6,9-16H2. The summed E-state index contributed by atoms with van der Waals surface area (Å²) in [7, 11) is 0. The molecule has 3 saturated heterocycles. The third-order valence-electron chi connectivity index (χ3n) is 6.07. The van der Waals surface area contributed by atoms with E-state index in [4.69, 9.17) is 19.4 Å². The van der Waals surface area contributed by atoms with Crippen LogP contribution in [-0.4, -0.2) is 55.1 Å². The Bertz CT molecular complexity index is 791. The average molecular weight is 380 g/mol. The SMILES string of the molecule is c1ccc(-c2nc(N3CCCCC3)cc(N3CCC4(CC3)OCCO4)n2)cc1. The summed E-state index contributed by atoms with van der Waals surface area (Å²) in [6.07, 6.45) is 5.56.